The summed E-state index contributed by atoms with van der Waals surface area (Å²) in [6.45, 7) is 5.00. The Morgan fingerprint density at radius 1 is 1.40 bits per heavy atom. The Morgan fingerprint density at radius 3 is 2.95 bits per heavy atom. The van der Waals surface area contributed by atoms with Crippen molar-refractivity contribution in [1.82, 2.24) is 15.5 Å². The van der Waals surface area contributed by atoms with Crippen molar-refractivity contribution in [2.45, 2.75) is 19.4 Å². The van der Waals surface area contributed by atoms with Crippen molar-refractivity contribution in [3.05, 3.63) is 17.8 Å². The van der Waals surface area contributed by atoms with Gasteiger partial charge in [0.15, 0.2) is 5.69 Å². The average Bonchev–Trinajstić information content (AvgIpc) is 2.52. The van der Waals surface area contributed by atoms with Crippen LogP contribution in [0.5, 0.6) is 0 Å². The van der Waals surface area contributed by atoms with E-state index in [4.69, 9.17) is 9.47 Å². The van der Waals surface area contributed by atoms with Gasteiger partial charge in [0.05, 0.1) is 25.9 Å². The molecule has 1 amide bonds. The first-order valence-electron chi connectivity index (χ1n) is 6.84. The number of nitrogens with zero attached hydrogens (tertiary/aromatic N) is 2. The average molecular weight is 280 g/mol. The molecule has 20 heavy (non-hydrogen) atoms. The van der Waals surface area contributed by atoms with Crippen LogP contribution >= 0.6 is 0 Å². The second-order valence-electron chi connectivity index (χ2n) is 4.51. The zero-order chi connectivity index (χ0) is 14.2. The highest BCUT2D eigenvalue weighted by atomic mass is 16.6. The fraction of sp³-hybridized carbons (Fsp3) is 0.615. The minimum Gasteiger partial charge on any atom is -0.376 e. The SMILES string of the molecule is CCCNc1ccc(C(=O)NCC2COCCO2)nn1. The number of nitrogens with one attached hydrogen (secondary N) is 2. The fourth-order valence-corrected chi connectivity index (χ4v) is 1.75. The first-order valence-corrected chi connectivity index (χ1v) is 6.84. The van der Waals surface area contributed by atoms with Gasteiger partial charge in [0, 0.05) is 13.1 Å². The number of amides is 1. The normalized spacial score (nSPS) is 18.6. The molecular formula is C13H20N4O3. The number of carbonyl (C=O) groups is 1. The molecule has 1 aromatic rings. The molecule has 110 valence electrons. The van der Waals surface area contributed by atoms with Crippen molar-refractivity contribution >= 4 is 11.7 Å². The van der Waals surface area contributed by atoms with Gasteiger partial charge in [-0.15, -0.1) is 10.2 Å². The molecule has 0 spiro atoms. The third-order valence-corrected chi connectivity index (χ3v) is 2.83. The second kappa shape index (κ2) is 7.76. The highest BCUT2D eigenvalue weighted by Gasteiger charge is 2.16. The molecule has 2 N–H and O–H groups in total. The van der Waals surface area contributed by atoms with Gasteiger partial charge in [0.1, 0.15) is 5.82 Å². The Kier molecular flexibility index (Phi) is 5.69. The summed E-state index contributed by atoms with van der Waals surface area (Å²) in [4.78, 5) is 11.9. The topological polar surface area (TPSA) is 85.4 Å². The number of hydrogen-bond acceptors (Lipinski definition) is 6. The first-order chi connectivity index (χ1) is 9.79. The predicted molar refractivity (Wildman–Crippen MR) is 73.7 cm³/mol. The van der Waals surface area contributed by atoms with Crippen LogP contribution in [0.3, 0.4) is 0 Å². The van der Waals surface area contributed by atoms with Crippen molar-refractivity contribution in [2.75, 3.05) is 38.2 Å². The maximum Gasteiger partial charge on any atom is 0.271 e. The van der Waals surface area contributed by atoms with Gasteiger partial charge >= 0.3 is 0 Å². The summed E-state index contributed by atoms with van der Waals surface area (Å²) in [5.41, 5.74) is 0.295. The number of carbonyl (C=O) groups excluding carboxylic acids is 1. The van der Waals surface area contributed by atoms with Crippen molar-refractivity contribution < 1.29 is 14.3 Å². The van der Waals surface area contributed by atoms with Crippen LogP contribution in [-0.2, 0) is 9.47 Å². The Bertz CT molecular complexity index is 418. The van der Waals surface area contributed by atoms with Gasteiger partial charge < -0.3 is 20.1 Å². The van der Waals surface area contributed by atoms with Crippen LogP contribution in [0, 0.1) is 0 Å². The van der Waals surface area contributed by atoms with E-state index < -0.39 is 0 Å². The van der Waals surface area contributed by atoms with Gasteiger partial charge in [-0.2, -0.15) is 0 Å². The maximum absolute atomic E-state index is 11.9. The number of ether oxygens (including phenoxy) is 2. The maximum atomic E-state index is 11.9. The molecule has 2 rings (SSSR count). The molecule has 1 unspecified atom stereocenters. The lowest BCUT2D eigenvalue weighted by Crippen LogP contribution is -2.40. The Morgan fingerprint density at radius 2 is 2.30 bits per heavy atom. The molecule has 0 saturated carbocycles. The monoisotopic (exact) mass is 280 g/mol. The molecule has 0 aliphatic carbocycles. The summed E-state index contributed by atoms with van der Waals surface area (Å²) >= 11 is 0. The van der Waals surface area contributed by atoms with Crippen LogP contribution in [0.2, 0.25) is 0 Å². The first kappa shape index (κ1) is 14.7. The summed E-state index contributed by atoms with van der Waals surface area (Å²) in [6.07, 6.45) is 0.916. The minimum atomic E-state index is -0.256. The molecular weight excluding hydrogens is 260 g/mol. The molecule has 7 heteroatoms. The molecule has 7 nitrogen and oxygen atoms in total. The number of aromatic nitrogens is 2. The zero-order valence-corrected chi connectivity index (χ0v) is 11.6. The van der Waals surface area contributed by atoms with Crippen LogP contribution in [0.25, 0.3) is 0 Å². The summed E-state index contributed by atoms with van der Waals surface area (Å²) in [7, 11) is 0. The molecule has 1 atom stereocenters. The highest BCUT2D eigenvalue weighted by Crippen LogP contribution is 2.03. The summed E-state index contributed by atoms with van der Waals surface area (Å²) in [6, 6.07) is 3.40. The van der Waals surface area contributed by atoms with Gasteiger partial charge in [-0.3, -0.25) is 4.79 Å². The Hall–Kier alpha value is -1.73. The van der Waals surface area contributed by atoms with Crippen LogP contribution in [0.4, 0.5) is 5.82 Å². The summed E-state index contributed by atoms with van der Waals surface area (Å²) in [5, 5.41) is 13.7. The fourth-order valence-electron chi connectivity index (χ4n) is 1.75. The van der Waals surface area contributed by atoms with Crippen molar-refractivity contribution in [3.63, 3.8) is 0 Å². The second-order valence-corrected chi connectivity index (χ2v) is 4.51. The van der Waals surface area contributed by atoms with Crippen LogP contribution in [0.15, 0.2) is 12.1 Å². The molecule has 1 fully saturated rings. The van der Waals surface area contributed by atoms with Crippen LogP contribution in [-0.4, -0.2) is 55.1 Å². The highest BCUT2D eigenvalue weighted by molar-refractivity contribution is 5.92. The van der Waals surface area contributed by atoms with E-state index >= 15 is 0 Å². The van der Waals surface area contributed by atoms with E-state index in [0.717, 1.165) is 13.0 Å². The lowest BCUT2D eigenvalue weighted by Gasteiger charge is -2.22. The van der Waals surface area contributed by atoms with Gasteiger partial charge in [-0.25, -0.2) is 0 Å². The molecule has 1 aliphatic rings. The van der Waals surface area contributed by atoms with Gasteiger partial charge in [0.2, 0.25) is 0 Å². The molecule has 0 aromatic carbocycles. The van der Waals surface area contributed by atoms with Gasteiger partial charge in [-0.05, 0) is 18.6 Å². The van der Waals surface area contributed by atoms with E-state index in [-0.39, 0.29) is 12.0 Å². The van der Waals surface area contributed by atoms with Crippen molar-refractivity contribution in [2.24, 2.45) is 0 Å². The largest absolute Gasteiger partial charge is 0.376 e. The minimum absolute atomic E-state index is 0.0915. The third-order valence-electron chi connectivity index (χ3n) is 2.83. The summed E-state index contributed by atoms with van der Waals surface area (Å²) in [5.74, 6) is 0.418. The van der Waals surface area contributed by atoms with E-state index in [2.05, 4.69) is 27.8 Å². The van der Waals surface area contributed by atoms with Crippen LogP contribution in [0.1, 0.15) is 23.8 Å². The van der Waals surface area contributed by atoms with Gasteiger partial charge in [-0.1, -0.05) is 6.92 Å². The molecule has 1 aliphatic heterocycles. The van der Waals surface area contributed by atoms with E-state index in [1.165, 1.54) is 0 Å². The van der Waals surface area contributed by atoms with Crippen molar-refractivity contribution in [3.8, 4) is 0 Å². The third kappa shape index (κ3) is 4.43. The molecule has 1 saturated heterocycles. The number of anilines is 1. The molecule has 0 radical (unpaired) electrons. The predicted octanol–water partition coefficient (Wildman–Crippen LogP) is 0.444. The van der Waals surface area contributed by atoms with E-state index in [0.29, 0.717) is 37.9 Å². The van der Waals surface area contributed by atoms with E-state index in [1.54, 1.807) is 12.1 Å². The molecule has 0 bridgehead atoms. The van der Waals surface area contributed by atoms with E-state index in [9.17, 15) is 4.79 Å². The smallest absolute Gasteiger partial charge is 0.271 e. The van der Waals surface area contributed by atoms with E-state index in [1.807, 2.05) is 0 Å². The molecule has 1 aromatic heterocycles. The quantitative estimate of drug-likeness (QED) is 0.786. The number of hydrogen-bond donors (Lipinski definition) is 2. The standard InChI is InChI=1S/C13H20N4O3/c1-2-5-14-12-4-3-11(16-17-12)13(18)15-8-10-9-19-6-7-20-10/h3-4,10H,2,5-9H2,1H3,(H,14,17)(H,15,18). The lowest BCUT2D eigenvalue weighted by molar-refractivity contribution is -0.0855. The Labute approximate surface area is 118 Å². The molecule has 2 heterocycles. The Balaban J connectivity index is 1.79. The van der Waals surface area contributed by atoms with Gasteiger partial charge in [0.25, 0.3) is 5.91 Å². The number of rotatable bonds is 6. The lowest BCUT2D eigenvalue weighted by atomic mass is 10.3. The van der Waals surface area contributed by atoms with Crippen LogP contribution < -0.4 is 10.6 Å². The van der Waals surface area contributed by atoms with Crippen molar-refractivity contribution in [1.29, 1.82) is 0 Å². The zero-order valence-electron chi connectivity index (χ0n) is 11.6. The summed E-state index contributed by atoms with van der Waals surface area (Å²) < 4.78 is 10.7.